The van der Waals surface area contributed by atoms with E-state index in [0.717, 1.165) is 19.3 Å². The molecule has 2 atom stereocenters. The number of benzene rings is 2. The van der Waals surface area contributed by atoms with Crippen LogP contribution in [0.1, 0.15) is 36.8 Å². The van der Waals surface area contributed by atoms with Gasteiger partial charge in [0.1, 0.15) is 0 Å². The first-order valence-corrected chi connectivity index (χ1v) is 8.13. The van der Waals surface area contributed by atoms with Crippen LogP contribution in [0.5, 0.6) is 0 Å². The Morgan fingerprint density at radius 3 is 2.09 bits per heavy atom. The lowest BCUT2D eigenvalue weighted by Gasteiger charge is -2.42. The van der Waals surface area contributed by atoms with Crippen molar-refractivity contribution in [1.82, 2.24) is 6.15 Å². The maximum atomic E-state index is 6.88. The van der Waals surface area contributed by atoms with E-state index in [1.807, 2.05) is 0 Å². The van der Waals surface area contributed by atoms with Crippen molar-refractivity contribution in [2.75, 3.05) is 0 Å². The molecular weight excluding hydrogens is 268 g/mol. The molecule has 5 N–H and O–H groups in total. The first kappa shape index (κ1) is 16.7. The van der Waals surface area contributed by atoms with Crippen molar-refractivity contribution < 1.29 is 0 Å². The molecule has 22 heavy (non-hydrogen) atoms. The molecule has 1 aliphatic carbocycles. The molecule has 0 aliphatic heterocycles. The van der Waals surface area contributed by atoms with Gasteiger partial charge in [0.15, 0.2) is 0 Å². The quantitative estimate of drug-likeness (QED) is 0.871. The van der Waals surface area contributed by atoms with Crippen molar-refractivity contribution in [2.45, 2.75) is 44.1 Å². The second-order valence-electron chi connectivity index (χ2n) is 6.53. The van der Waals surface area contributed by atoms with E-state index in [9.17, 15) is 0 Å². The van der Waals surface area contributed by atoms with Gasteiger partial charge in [-0.25, -0.2) is 0 Å². The molecule has 1 aliphatic rings. The van der Waals surface area contributed by atoms with Crippen LogP contribution in [0.25, 0.3) is 0 Å². The molecule has 0 amide bonds. The summed E-state index contributed by atoms with van der Waals surface area (Å²) in [6, 6.07) is 21.6. The van der Waals surface area contributed by atoms with E-state index in [4.69, 9.17) is 5.73 Å². The minimum Gasteiger partial charge on any atom is -0.344 e. The van der Waals surface area contributed by atoms with Crippen LogP contribution in [-0.2, 0) is 12.8 Å². The largest absolute Gasteiger partial charge is 0.344 e. The molecule has 0 radical (unpaired) electrons. The zero-order valence-corrected chi connectivity index (χ0v) is 13.4. The van der Waals surface area contributed by atoms with Gasteiger partial charge in [-0.15, -0.1) is 0 Å². The molecule has 1 fully saturated rings. The van der Waals surface area contributed by atoms with Crippen molar-refractivity contribution >= 4 is 0 Å². The molecule has 2 aromatic rings. The van der Waals surface area contributed by atoms with E-state index in [0.29, 0.717) is 5.92 Å². The molecule has 3 rings (SSSR count). The van der Waals surface area contributed by atoms with Gasteiger partial charge in [0.2, 0.25) is 0 Å². The predicted molar refractivity (Wildman–Crippen MR) is 94.2 cm³/mol. The van der Waals surface area contributed by atoms with Crippen molar-refractivity contribution in [1.29, 1.82) is 0 Å². The minimum atomic E-state index is -0.0462. The second-order valence-corrected chi connectivity index (χ2v) is 6.53. The summed E-state index contributed by atoms with van der Waals surface area (Å²) < 4.78 is 0. The van der Waals surface area contributed by atoms with Gasteiger partial charge < -0.3 is 11.9 Å². The Hall–Kier alpha value is -1.64. The van der Waals surface area contributed by atoms with Gasteiger partial charge in [-0.3, -0.25) is 0 Å². The molecule has 2 unspecified atom stereocenters. The van der Waals surface area contributed by atoms with Gasteiger partial charge in [0.05, 0.1) is 0 Å². The normalized spacial score (nSPS) is 24.5. The lowest BCUT2D eigenvalue weighted by molar-refractivity contribution is 0.186. The number of nitrogens with two attached hydrogens (primary N) is 1. The third-order valence-electron chi connectivity index (χ3n) is 4.96. The Balaban J connectivity index is 0.00000176. The minimum absolute atomic E-state index is 0. The van der Waals surface area contributed by atoms with Gasteiger partial charge >= 0.3 is 0 Å². The van der Waals surface area contributed by atoms with Crippen LogP contribution in [0.2, 0.25) is 0 Å². The van der Waals surface area contributed by atoms with Gasteiger partial charge in [-0.1, -0.05) is 73.5 Å². The molecule has 0 spiro atoms. The molecule has 2 nitrogen and oxygen atoms in total. The van der Waals surface area contributed by atoms with E-state index >= 15 is 0 Å². The summed E-state index contributed by atoms with van der Waals surface area (Å²) in [7, 11) is 0. The average molecular weight is 296 g/mol. The predicted octanol–water partition coefficient (Wildman–Crippen LogP) is 4.52. The highest BCUT2D eigenvalue weighted by Crippen LogP contribution is 2.36. The average Bonchev–Trinajstić information content (AvgIpc) is 2.52. The lowest BCUT2D eigenvalue weighted by atomic mass is 9.68. The van der Waals surface area contributed by atoms with Crippen LogP contribution in [-0.4, -0.2) is 5.54 Å². The second kappa shape index (κ2) is 7.57. The molecule has 118 valence electrons. The molecule has 0 bridgehead atoms. The standard InChI is InChI=1S/C20H25N.H3N/c21-20(16-18-11-5-2-6-12-18)14-8-7-13-19(20)15-17-9-3-1-4-10-17;/h1-6,9-12,19H,7-8,13-16,21H2;1H3. The number of rotatable bonds is 4. The monoisotopic (exact) mass is 296 g/mol. The van der Waals surface area contributed by atoms with E-state index in [-0.39, 0.29) is 11.7 Å². The van der Waals surface area contributed by atoms with Gasteiger partial charge in [-0.05, 0) is 42.7 Å². The van der Waals surface area contributed by atoms with Crippen molar-refractivity contribution in [3.8, 4) is 0 Å². The Labute approximate surface area is 134 Å². The summed E-state index contributed by atoms with van der Waals surface area (Å²) in [4.78, 5) is 0. The zero-order chi connectivity index (χ0) is 14.5. The fourth-order valence-corrected chi connectivity index (χ4v) is 3.75. The number of hydrogen-bond acceptors (Lipinski definition) is 2. The Morgan fingerprint density at radius 2 is 1.45 bits per heavy atom. The third kappa shape index (κ3) is 3.96. The summed E-state index contributed by atoms with van der Waals surface area (Å²) in [5.41, 5.74) is 9.64. The summed E-state index contributed by atoms with van der Waals surface area (Å²) in [5, 5.41) is 0. The van der Waals surface area contributed by atoms with Crippen molar-refractivity contribution in [2.24, 2.45) is 11.7 Å². The molecule has 0 saturated heterocycles. The molecule has 2 aromatic carbocycles. The van der Waals surface area contributed by atoms with Crippen LogP contribution in [0.4, 0.5) is 0 Å². The summed E-state index contributed by atoms with van der Waals surface area (Å²) in [6.45, 7) is 0. The SMILES string of the molecule is N.NC1(Cc2ccccc2)CCCCC1Cc1ccccc1. The van der Waals surface area contributed by atoms with Crippen molar-refractivity contribution in [3.05, 3.63) is 71.8 Å². The highest BCUT2D eigenvalue weighted by molar-refractivity contribution is 5.21. The molecule has 0 aromatic heterocycles. The topological polar surface area (TPSA) is 61.0 Å². The Kier molecular flexibility index (Phi) is 5.76. The van der Waals surface area contributed by atoms with Gasteiger partial charge in [0.25, 0.3) is 0 Å². The van der Waals surface area contributed by atoms with E-state index in [1.54, 1.807) is 0 Å². The van der Waals surface area contributed by atoms with E-state index in [2.05, 4.69) is 60.7 Å². The zero-order valence-electron chi connectivity index (χ0n) is 13.4. The Morgan fingerprint density at radius 1 is 0.864 bits per heavy atom. The molecular formula is C20H28N2. The van der Waals surface area contributed by atoms with Crippen LogP contribution >= 0.6 is 0 Å². The molecule has 2 heteroatoms. The highest BCUT2D eigenvalue weighted by Gasteiger charge is 2.36. The highest BCUT2D eigenvalue weighted by atomic mass is 14.8. The Bertz CT molecular complexity index is 552. The summed E-state index contributed by atoms with van der Waals surface area (Å²) in [6.07, 6.45) is 7.13. The smallest absolute Gasteiger partial charge is 0.0226 e. The third-order valence-corrected chi connectivity index (χ3v) is 4.96. The fourth-order valence-electron chi connectivity index (χ4n) is 3.75. The molecule has 0 heterocycles. The van der Waals surface area contributed by atoms with Gasteiger partial charge in [0, 0.05) is 5.54 Å². The van der Waals surface area contributed by atoms with Crippen LogP contribution in [0.15, 0.2) is 60.7 Å². The van der Waals surface area contributed by atoms with Crippen LogP contribution in [0, 0.1) is 5.92 Å². The molecule has 1 saturated carbocycles. The summed E-state index contributed by atoms with van der Waals surface area (Å²) >= 11 is 0. The van der Waals surface area contributed by atoms with Crippen LogP contribution in [0.3, 0.4) is 0 Å². The first-order valence-electron chi connectivity index (χ1n) is 8.13. The lowest BCUT2D eigenvalue weighted by Crippen LogP contribution is -2.51. The van der Waals surface area contributed by atoms with Crippen LogP contribution < -0.4 is 11.9 Å². The van der Waals surface area contributed by atoms with E-state index in [1.165, 1.54) is 30.4 Å². The van der Waals surface area contributed by atoms with Crippen molar-refractivity contribution in [3.63, 3.8) is 0 Å². The first-order chi connectivity index (χ1) is 10.3. The van der Waals surface area contributed by atoms with Gasteiger partial charge in [-0.2, -0.15) is 0 Å². The number of hydrogen-bond donors (Lipinski definition) is 2. The maximum Gasteiger partial charge on any atom is 0.0226 e. The fraction of sp³-hybridized carbons (Fsp3) is 0.400. The summed E-state index contributed by atoms with van der Waals surface area (Å²) in [5.74, 6) is 0.592. The van der Waals surface area contributed by atoms with E-state index < -0.39 is 0 Å². The maximum absolute atomic E-state index is 6.88.